The quantitative estimate of drug-likeness (QED) is 0.660. The number of pyridine rings is 1. The number of aliphatic carboxylic acids is 1. The normalized spacial score (nSPS) is 10.7. The van der Waals surface area contributed by atoms with Crippen molar-refractivity contribution in [1.82, 2.24) is 14.8 Å². The van der Waals surface area contributed by atoms with E-state index >= 15 is 0 Å². The van der Waals surface area contributed by atoms with Gasteiger partial charge in [0.15, 0.2) is 5.78 Å². The summed E-state index contributed by atoms with van der Waals surface area (Å²) in [6.07, 6.45) is 1.40. The van der Waals surface area contributed by atoms with Crippen LogP contribution in [0, 0.1) is 0 Å². The van der Waals surface area contributed by atoms with E-state index in [1.165, 1.54) is 23.9 Å². The Morgan fingerprint density at radius 3 is 2.82 bits per heavy atom. The number of Topliss-reactive ketones (excluding diaryl/α,β-unsaturated/α-hetero) is 1. The minimum atomic E-state index is -1.04. The fourth-order valence-electron chi connectivity index (χ4n) is 1.56. The zero-order valence-corrected chi connectivity index (χ0v) is 9.60. The average Bonchev–Trinajstić information content (AvgIpc) is 2.55. The van der Waals surface area contributed by atoms with E-state index in [0.717, 1.165) is 0 Å². The molecule has 0 bridgehead atoms. The van der Waals surface area contributed by atoms with Gasteiger partial charge in [0.1, 0.15) is 17.4 Å². The number of carbonyl (C=O) groups is 2. The standard InChI is InChI=1S/C10H8ClN3O3/c1-5(15)10-6-2-8(11)12-3-7(6)14(13-10)4-9(16)17/h2-3H,4H2,1H3,(H,16,17). The third kappa shape index (κ3) is 2.12. The molecule has 6 nitrogen and oxygen atoms in total. The number of aromatic nitrogens is 3. The number of carbonyl (C=O) groups excluding carboxylic acids is 1. The summed E-state index contributed by atoms with van der Waals surface area (Å²) in [5, 5.41) is 13.4. The van der Waals surface area contributed by atoms with Crippen LogP contribution in [0.1, 0.15) is 17.4 Å². The fourth-order valence-corrected chi connectivity index (χ4v) is 1.71. The van der Waals surface area contributed by atoms with Crippen LogP contribution < -0.4 is 0 Å². The minimum absolute atomic E-state index is 0.200. The molecule has 0 aliphatic carbocycles. The highest BCUT2D eigenvalue weighted by Gasteiger charge is 2.16. The topological polar surface area (TPSA) is 85.1 Å². The van der Waals surface area contributed by atoms with Gasteiger partial charge in [-0.15, -0.1) is 0 Å². The fraction of sp³-hybridized carbons (Fsp3) is 0.200. The SMILES string of the molecule is CC(=O)c1nn(CC(=O)O)c2cnc(Cl)cc12. The van der Waals surface area contributed by atoms with Crippen LogP contribution in [0.3, 0.4) is 0 Å². The number of carboxylic acids is 1. The maximum absolute atomic E-state index is 11.4. The number of fused-ring (bicyclic) bond motifs is 1. The molecule has 0 fully saturated rings. The molecule has 0 atom stereocenters. The lowest BCUT2D eigenvalue weighted by atomic mass is 10.2. The molecule has 88 valence electrons. The van der Waals surface area contributed by atoms with Crippen LogP contribution in [0.15, 0.2) is 12.3 Å². The van der Waals surface area contributed by atoms with Crippen molar-refractivity contribution in [3.05, 3.63) is 23.1 Å². The summed E-state index contributed by atoms with van der Waals surface area (Å²) in [6, 6.07) is 1.50. The van der Waals surface area contributed by atoms with E-state index in [0.29, 0.717) is 10.9 Å². The van der Waals surface area contributed by atoms with Gasteiger partial charge >= 0.3 is 5.97 Å². The Labute approximate surface area is 101 Å². The molecule has 0 amide bonds. The van der Waals surface area contributed by atoms with Crippen LogP contribution in [0.4, 0.5) is 0 Å². The van der Waals surface area contributed by atoms with Gasteiger partial charge in [0.25, 0.3) is 0 Å². The van der Waals surface area contributed by atoms with Crippen LogP contribution >= 0.6 is 11.6 Å². The summed E-state index contributed by atoms with van der Waals surface area (Å²) in [5.41, 5.74) is 0.674. The first-order valence-corrected chi connectivity index (χ1v) is 5.11. The van der Waals surface area contributed by atoms with Crippen molar-refractivity contribution in [2.75, 3.05) is 0 Å². The van der Waals surface area contributed by atoms with Gasteiger partial charge in [-0.3, -0.25) is 14.3 Å². The van der Waals surface area contributed by atoms with Gasteiger partial charge in [0.05, 0.1) is 11.7 Å². The summed E-state index contributed by atoms with van der Waals surface area (Å²) in [5.74, 6) is -1.29. The number of rotatable bonds is 3. The lowest BCUT2D eigenvalue weighted by molar-refractivity contribution is -0.137. The van der Waals surface area contributed by atoms with Gasteiger partial charge < -0.3 is 5.11 Å². The first kappa shape index (κ1) is 11.5. The lowest BCUT2D eigenvalue weighted by Gasteiger charge is -1.97. The van der Waals surface area contributed by atoms with E-state index in [1.807, 2.05) is 0 Å². The molecular formula is C10H8ClN3O3. The highest BCUT2D eigenvalue weighted by atomic mass is 35.5. The van der Waals surface area contributed by atoms with E-state index < -0.39 is 5.97 Å². The van der Waals surface area contributed by atoms with Crippen molar-refractivity contribution in [1.29, 1.82) is 0 Å². The second kappa shape index (κ2) is 4.14. The van der Waals surface area contributed by atoms with Gasteiger partial charge in [-0.1, -0.05) is 11.6 Å². The van der Waals surface area contributed by atoms with Gasteiger partial charge in [0.2, 0.25) is 0 Å². The zero-order valence-electron chi connectivity index (χ0n) is 8.85. The Balaban J connectivity index is 2.70. The van der Waals surface area contributed by atoms with Gasteiger partial charge in [-0.05, 0) is 6.07 Å². The summed E-state index contributed by atoms with van der Waals surface area (Å²) in [4.78, 5) is 25.9. The Morgan fingerprint density at radius 2 is 2.24 bits per heavy atom. The number of ketones is 1. The minimum Gasteiger partial charge on any atom is -0.480 e. The van der Waals surface area contributed by atoms with Crippen molar-refractivity contribution in [2.45, 2.75) is 13.5 Å². The van der Waals surface area contributed by atoms with Crippen LogP contribution in [-0.4, -0.2) is 31.6 Å². The predicted octanol–water partition coefficient (Wildman–Crippen LogP) is 1.37. The third-order valence-electron chi connectivity index (χ3n) is 2.22. The van der Waals surface area contributed by atoms with Crippen molar-refractivity contribution in [2.24, 2.45) is 0 Å². The Morgan fingerprint density at radius 1 is 1.53 bits per heavy atom. The summed E-state index contributed by atoms with van der Waals surface area (Å²) >= 11 is 5.73. The molecule has 0 saturated heterocycles. The molecule has 0 spiro atoms. The highest BCUT2D eigenvalue weighted by molar-refractivity contribution is 6.30. The van der Waals surface area contributed by atoms with Crippen LogP contribution in [-0.2, 0) is 11.3 Å². The van der Waals surface area contributed by atoms with Crippen molar-refractivity contribution >= 4 is 34.3 Å². The molecule has 2 aromatic heterocycles. The molecule has 2 rings (SSSR count). The summed E-state index contributed by atoms with van der Waals surface area (Å²) in [7, 11) is 0. The lowest BCUT2D eigenvalue weighted by Crippen LogP contribution is -2.10. The van der Waals surface area contributed by atoms with E-state index in [2.05, 4.69) is 10.1 Å². The zero-order chi connectivity index (χ0) is 12.6. The molecule has 0 aromatic carbocycles. The molecule has 7 heteroatoms. The third-order valence-corrected chi connectivity index (χ3v) is 2.43. The second-order valence-corrected chi connectivity index (χ2v) is 3.87. The van der Waals surface area contributed by atoms with Crippen LogP contribution in [0.25, 0.3) is 10.9 Å². The van der Waals surface area contributed by atoms with Crippen molar-refractivity contribution in [3.63, 3.8) is 0 Å². The molecular weight excluding hydrogens is 246 g/mol. The highest BCUT2D eigenvalue weighted by Crippen LogP contribution is 2.21. The first-order valence-electron chi connectivity index (χ1n) is 4.74. The Kier molecular flexibility index (Phi) is 2.81. The molecule has 2 heterocycles. The first-order chi connectivity index (χ1) is 7.99. The predicted molar refractivity (Wildman–Crippen MR) is 60.2 cm³/mol. The second-order valence-electron chi connectivity index (χ2n) is 3.48. The number of hydrogen-bond acceptors (Lipinski definition) is 4. The van der Waals surface area contributed by atoms with E-state index in [4.69, 9.17) is 16.7 Å². The largest absolute Gasteiger partial charge is 0.480 e. The molecule has 17 heavy (non-hydrogen) atoms. The smallest absolute Gasteiger partial charge is 0.325 e. The van der Waals surface area contributed by atoms with E-state index in [-0.39, 0.29) is 23.2 Å². The summed E-state index contributed by atoms with van der Waals surface area (Å²) < 4.78 is 1.22. The number of halogens is 1. The van der Waals surface area contributed by atoms with Gasteiger partial charge in [-0.2, -0.15) is 5.10 Å². The average molecular weight is 254 g/mol. The maximum atomic E-state index is 11.4. The molecule has 2 aromatic rings. The maximum Gasteiger partial charge on any atom is 0.325 e. The Hall–Kier alpha value is -1.95. The summed E-state index contributed by atoms with van der Waals surface area (Å²) in [6.45, 7) is 1.04. The Bertz CT molecular complexity index is 621. The number of nitrogens with zero attached hydrogens (tertiary/aromatic N) is 3. The molecule has 0 aliphatic heterocycles. The number of carboxylic acid groups (broad SMARTS) is 1. The van der Waals surface area contributed by atoms with Gasteiger partial charge in [0, 0.05) is 12.3 Å². The van der Waals surface area contributed by atoms with E-state index in [1.54, 1.807) is 0 Å². The van der Waals surface area contributed by atoms with Crippen LogP contribution in [0.2, 0.25) is 5.15 Å². The molecule has 0 saturated carbocycles. The van der Waals surface area contributed by atoms with E-state index in [9.17, 15) is 9.59 Å². The van der Waals surface area contributed by atoms with Crippen molar-refractivity contribution in [3.8, 4) is 0 Å². The van der Waals surface area contributed by atoms with Crippen LogP contribution in [0.5, 0.6) is 0 Å². The van der Waals surface area contributed by atoms with Gasteiger partial charge in [-0.25, -0.2) is 4.98 Å². The molecule has 0 unspecified atom stereocenters. The van der Waals surface area contributed by atoms with Crippen molar-refractivity contribution < 1.29 is 14.7 Å². The molecule has 0 aliphatic rings. The monoisotopic (exact) mass is 253 g/mol. The molecule has 1 N–H and O–H groups in total. The number of hydrogen-bond donors (Lipinski definition) is 1. The molecule has 0 radical (unpaired) electrons.